The van der Waals surface area contributed by atoms with Crippen LogP contribution in [0.3, 0.4) is 0 Å². The fraction of sp³-hybridized carbons (Fsp3) is 0.750. The van der Waals surface area contributed by atoms with Gasteiger partial charge in [0, 0.05) is 18.7 Å². The predicted octanol–water partition coefficient (Wildman–Crippen LogP) is 0.365. The lowest BCUT2D eigenvalue weighted by molar-refractivity contribution is 0.117. The first-order valence-corrected chi connectivity index (χ1v) is 8.39. The van der Waals surface area contributed by atoms with Gasteiger partial charge in [0.15, 0.2) is 5.03 Å². The third-order valence-electron chi connectivity index (χ3n) is 3.37. The largest absolute Gasteiger partial charge is 0.377 e. The number of sulfonamides is 1. The molecule has 1 aromatic rings. The van der Waals surface area contributed by atoms with E-state index in [9.17, 15) is 8.42 Å². The van der Waals surface area contributed by atoms with Gasteiger partial charge in [0.1, 0.15) is 0 Å². The van der Waals surface area contributed by atoms with E-state index < -0.39 is 10.0 Å². The average Bonchev–Trinajstić information content (AvgIpc) is 3.00. The van der Waals surface area contributed by atoms with Gasteiger partial charge in [-0.05, 0) is 26.3 Å². The van der Waals surface area contributed by atoms with Crippen LogP contribution < -0.4 is 10.0 Å². The van der Waals surface area contributed by atoms with Crippen molar-refractivity contribution in [2.75, 3.05) is 13.2 Å². The van der Waals surface area contributed by atoms with E-state index in [-0.39, 0.29) is 17.2 Å². The van der Waals surface area contributed by atoms with Crippen LogP contribution in [0.4, 0.5) is 0 Å². The summed E-state index contributed by atoms with van der Waals surface area (Å²) in [5.74, 6) is 0. The van der Waals surface area contributed by atoms with E-state index in [2.05, 4.69) is 27.2 Å². The number of aromatic nitrogens is 2. The molecule has 3 N–H and O–H groups in total. The van der Waals surface area contributed by atoms with Gasteiger partial charge in [-0.15, -0.1) is 0 Å². The monoisotopic (exact) mass is 302 g/mol. The molecular weight excluding hydrogens is 280 g/mol. The second-order valence-corrected chi connectivity index (χ2v) is 6.64. The lowest BCUT2D eigenvalue weighted by Crippen LogP contribution is -2.39. The van der Waals surface area contributed by atoms with E-state index in [0.717, 1.165) is 13.0 Å². The number of aromatic amines is 1. The lowest BCUT2D eigenvalue weighted by Gasteiger charge is -2.16. The Bertz CT molecular complexity index is 529. The summed E-state index contributed by atoms with van der Waals surface area (Å²) in [6, 6.07) is -0.181. The fourth-order valence-electron chi connectivity index (χ4n) is 2.20. The third-order valence-corrected chi connectivity index (χ3v) is 4.88. The molecule has 2 heterocycles. The van der Waals surface area contributed by atoms with E-state index in [1.807, 2.05) is 6.92 Å². The van der Waals surface area contributed by atoms with Gasteiger partial charge in [-0.3, -0.25) is 5.10 Å². The molecule has 0 aromatic carbocycles. The molecule has 0 aliphatic carbocycles. The van der Waals surface area contributed by atoms with Crippen molar-refractivity contribution < 1.29 is 13.2 Å². The Morgan fingerprint density at radius 2 is 2.35 bits per heavy atom. The topological polar surface area (TPSA) is 96.1 Å². The molecule has 8 heteroatoms. The van der Waals surface area contributed by atoms with Crippen LogP contribution in [-0.4, -0.2) is 43.9 Å². The second kappa shape index (κ2) is 6.66. The van der Waals surface area contributed by atoms with E-state index >= 15 is 0 Å². The van der Waals surface area contributed by atoms with Crippen molar-refractivity contribution in [2.24, 2.45) is 0 Å². The molecule has 0 radical (unpaired) electrons. The van der Waals surface area contributed by atoms with Crippen LogP contribution >= 0.6 is 0 Å². The number of rotatable bonds is 7. The first kappa shape index (κ1) is 15.4. The summed E-state index contributed by atoms with van der Waals surface area (Å²) in [7, 11) is -3.59. The van der Waals surface area contributed by atoms with E-state index in [0.29, 0.717) is 25.1 Å². The first-order valence-electron chi connectivity index (χ1n) is 6.91. The smallest absolute Gasteiger partial charge is 0.258 e. The van der Waals surface area contributed by atoms with Crippen LogP contribution in [0.1, 0.15) is 32.3 Å². The van der Waals surface area contributed by atoms with Gasteiger partial charge >= 0.3 is 0 Å². The Morgan fingerprint density at radius 1 is 1.55 bits per heavy atom. The highest BCUT2D eigenvalue weighted by Gasteiger charge is 2.31. The van der Waals surface area contributed by atoms with Crippen LogP contribution in [0.5, 0.6) is 0 Å². The molecule has 0 amide bonds. The zero-order chi connectivity index (χ0) is 14.6. The molecule has 1 aliphatic rings. The third kappa shape index (κ3) is 3.57. The Morgan fingerprint density at radius 3 is 3.00 bits per heavy atom. The zero-order valence-electron chi connectivity index (χ0n) is 11.8. The van der Waals surface area contributed by atoms with Gasteiger partial charge in [0.05, 0.1) is 18.3 Å². The van der Waals surface area contributed by atoms with Crippen LogP contribution in [0.15, 0.2) is 11.2 Å². The quantitative estimate of drug-likeness (QED) is 0.632. The summed E-state index contributed by atoms with van der Waals surface area (Å²) < 4.78 is 32.8. The van der Waals surface area contributed by atoms with Crippen LogP contribution in [-0.2, 0) is 21.3 Å². The standard InChI is InChI=1S/C12H22N4O3S/c1-3-5-13-7-10-8-14-15-12(10)20(17,18)16-11-4-6-19-9(11)2/h8-9,11,13,16H,3-7H2,1-2H3,(H,14,15). The normalized spacial score (nSPS) is 23.3. The number of H-pyrrole nitrogens is 1. The molecule has 7 nitrogen and oxygen atoms in total. The molecule has 0 saturated carbocycles. The van der Waals surface area contributed by atoms with Crippen molar-refractivity contribution in [2.45, 2.75) is 50.4 Å². The average molecular weight is 302 g/mol. The van der Waals surface area contributed by atoms with Gasteiger partial charge in [-0.25, -0.2) is 13.1 Å². The summed E-state index contributed by atoms with van der Waals surface area (Å²) in [5.41, 5.74) is 0.650. The van der Waals surface area contributed by atoms with Crippen molar-refractivity contribution >= 4 is 10.0 Å². The summed E-state index contributed by atoms with van der Waals surface area (Å²) in [5, 5.41) is 9.74. The molecule has 1 aromatic heterocycles. The molecule has 2 atom stereocenters. The molecule has 114 valence electrons. The van der Waals surface area contributed by atoms with Gasteiger partial charge in [-0.1, -0.05) is 6.92 Å². The fourth-order valence-corrected chi connectivity index (χ4v) is 3.67. The van der Waals surface area contributed by atoms with E-state index in [4.69, 9.17) is 4.74 Å². The Labute approximate surface area is 119 Å². The van der Waals surface area contributed by atoms with Gasteiger partial charge < -0.3 is 10.1 Å². The van der Waals surface area contributed by atoms with Crippen LogP contribution in [0.2, 0.25) is 0 Å². The van der Waals surface area contributed by atoms with E-state index in [1.165, 1.54) is 0 Å². The number of ether oxygens (including phenoxy) is 1. The summed E-state index contributed by atoms with van der Waals surface area (Å²) in [4.78, 5) is 0. The maximum absolute atomic E-state index is 12.4. The molecular formula is C12H22N4O3S. The minimum Gasteiger partial charge on any atom is -0.377 e. The minimum absolute atomic E-state index is 0.102. The van der Waals surface area contributed by atoms with Crippen molar-refractivity contribution in [3.63, 3.8) is 0 Å². The van der Waals surface area contributed by atoms with Crippen LogP contribution in [0, 0.1) is 0 Å². The molecule has 0 bridgehead atoms. The maximum Gasteiger partial charge on any atom is 0.258 e. The highest BCUT2D eigenvalue weighted by molar-refractivity contribution is 7.89. The van der Waals surface area contributed by atoms with Gasteiger partial charge in [0.25, 0.3) is 10.0 Å². The highest BCUT2D eigenvalue weighted by atomic mass is 32.2. The zero-order valence-corrected chi connectivity index (χ0v) is 12.7. The molecule has 2 rings (SSSR count). The molecule has 0 spiro atoms. The molecule has 1 aliphatic heterocycles. The Balaban J connectivity index is 2.07. The Kier molecular flexibility index (Phi) is 5.14. The van der Waals surface area contributed by atoms with Gasteiger partial charge in [0.2, 0.25) is 0 Å². The molecule has 1 saturated heterocycles. The van der Waals surface area contributed by atoms with E-state index in [1.54, 1.807) is 6.20 Å². The van der Waals surface area contributed by atoms with Gasteiger partial charge in [-0.2, -0.15) is 5.10 Å². The lowest BCUT2D eigenvalue weighted by atomic mass is 10.2. The number of hydrogen-bond acceptors (Lipinski definition) is 5. The second-order valence-electron chi connectivity index (χ2n) is 4.99. The number of nitrogens with zero attached hydrogens (tertiary/aromatic N) is 1. The summed E-state index contributed by atoms with van der Waals surface area (Å²) in [6.07, 6.45) is 3.13. The Hall–Kier alpha value is -0.960. The van der Waals surface area contributed by atoms with Crippen molar-refractivity contribution in [3.05, 3.63) is 11.8 Å². The summed E-state index contributed by atoms with van der Waals surface area (Å²) in [6.45, 7) is 5.84. The number of hydrogen-bond donors (Lipinski definition) is 3. The SMILES string of the molecule is CCCNCc1cn[nH]c1S(=O)(=O)NC1CCOC1C. The van der Waals surface area contributed by atoms with Crippen molar-refractivity contribution in [3.8, 4) is 0 Å². The molecule has 2 unspecified atom stereocenters. The molecule has 20 heavy (non-hydrogen) atoms. The summed E-state index contributed by atoms with van der Waals surface area (Å²) >= 11 is 0. The minimum atomic E-state index is -3.59. The maximum atomic E-state index is 12.4. The first-order chi connectivity index (χ1) is 9.54. The number of nitrogens with one attached hydrogen (secondary N) is 3. The van der Waals surface area contributed by atoms with Crippen LogP contribution in [0.25, 0.3) is 0 Å². The molecule has 1 fully saturated rings. The van der Waals surface area contributed by atoms with Crippen molar-refractivity contribution in [1.29, 1.82) is 0 Å². The predicted molar refractivity (Wildman–Crippen MR) is 74.7 cm³/mol. The highest BCUT2D eigenvalue weighted by Crippen LogP contribution is 2.17. The van der Waals surface area contributed by atoms with Crippen molar-refractivity contribution in [1.82, 2.24) is 20.2 Å².